The Balaban J connectivity index is 1.55. The Labute approximate surface area is 169 Å². The molecule has 0 atom stereocenters. The van der Waals surface area contributed by atoms with Gasteiger partial charge in [-0.15, -0.1) is 0 Å². The summed E-state index contributed by atoms with van der Waals surface area (Å²) in [7, 11) is 0. The number of ether oxygens (including phenoxy) is 1. The number of pyridine rings is 1. The molecule has 1 amide bonds. The molecule has 2 N–H and O–H groups in total. The van der Waals surface area contributed by atoms with Crippen molar-refractivity contribution in [3.63, 3.8) is 0 Å². The SMILES string of the molecule is CCOc1cccc(C(=O)NC(=S)Nc2ccc(Cc3ccncc3)cc2)c1. The van der Waals surface area contributed by atoms with Gasteiger partial charge in [-0.25, -0.2) is 0 Å². The van der Waals surface area contributed by atoms with E-state index in [2.05, 4.69) is 15.6 Å². The first-order valence-electron chi connectivity index (χ1n) is 8.97. The van der Waals surface area contributed by atoms with Crippen LogP contribution in [0.25, 0.3) is 0 Å². The number of hydrogen-bond acceptors (Lipinski definition) is 4. The van der Waals surface area contributed by atoms with E-state index in [-0.39, 0.29) is 11.0 Å². The van der Waals surface area contributed by atoms with Crippen LogP contribution in [0.15, 0.2) is 73.1 Å². The van der Waals surface area contributed by atoms with Crippen LogP contribution in [-0.4, -0.2) is 22.6 Å². The van der Waals surface area contributed by atoms with Gasteiger partial charge in [0.25, 0.3) is 5.91 Å². The quantitative estimate of drug-likeness (QED) is 0.617. The molecule has 0 aliphatic heterocycles. The second-order valence-corrected chi connectivity index (χ2v) is 6.51. The summed E-state index contributed by atoms with van der Waals surface area (Å²) in [5, 5.41) is 5.96. The number of anilines is 1. The lowest BCUT2D eigenvalue weighted by Crippen LogP contribution is -2.34. The number of carbonyl (C=O) groups excluding carboxylic acids is 1. The van der Waals surface area contributed by atoms with E-state index in [9.17, 15) is 4.79 Å². The van der Waals surface area contributed by atoms with E-state index in [1.807, 2.05) is 49.4 Å². The van der Waals surface area contributed by atoms with Crippen LogP contribution in [-0.2, 0) is 6.42 Å². The molecule has 0 bridgehead atoms. The fourth-order valence-electron chi connectivity index (χ4n) is 2.67. The van der Waals surface area contributed by atoms with Crippen LogP contribution in [0.3, 0.4) is 0 Å². The summed E-state index contributed by atoms with van der Waals surface area (Å²) < 4.78 is 5.42. The van der Waals surface area contributed by atoms with Crippen LogP contribution in [0.5, 0.6) is 5.75 Å². The third kappa shape index (κ3) is 5.62. The van der Waals surface area contributed by atoms with E-state index in [0.717, 1.165) is 12.1 Å². The Morgan fingerprint density at radius 1 is 1.04 bits per heavy atom. The van der Waals surface area contributed by atoms with E-state index >= 15 is 0 Å². The lowest BCUT2D eigenvalue weighted by Gasteiger charge is -2.11. The number of nitrogens with zero attached hydrogens (tertiary/aromatic N) is 1. The second kappa shape index (κ2) is 9.62. The maximum Gasteiger partial charge on any atom is 0.257 e. The summed E-state index contributed by atoms with van der Waals surface area (Å²) in [6.45, 7) is 2.44. The summed E-state index contributed by atoms with van der Waals surface area (Å²) in [4.78, 5) is 16.4. The van der Waals surface area contributed by atoms with E-state index in [1.54, 1.807) is 30.6 Å². The maximum absolute atomic E-state index is 12.4. The standard InChI is InChI=1S/C22H21N3O2S/c1-2-27-20-5-3-4-18(15-20)21(26)25-22(28)24-19-8-6-16(7-9-19)14-17-10-12-23-13-11-17/h3-13,15H,2,14H2,1H3,(H2,24,25,26,28). The minimum Gasteiger partial charge on any atom is -0.494 e. The van der Waals surface area contributed by atoms with Crippen molar-refractivity contribution in [1.29, 1.82) is 0 Å². The Hall–Kier alpha value is -3.25. The average Bonchev–Trinajstić information content (AvgIpc) is 2.71. The lowest BCUT2D eigenvalue weighted by atomic mass is 10.1. The van der Waals surface area contributed by atoms with Crippen molar-refractivity contribution < 1.29 is 9.53 Å². The fraction of sp³-hybridized carbons (Fsp3) is 0.136. The smallest absolute Gasteiger partial charge is 0.257 e. The molecular formula is C22H21N3O2S. The number of thiocarbonyl (C=S) groups is 1. The molecule has 0 saturated heterocycles. The van der Waals surface area contributed by atoms with Crippen molar-refractivity contribution in [2.45, 2.75) is 13.3 Å². The molecule has 6 heteroatoms. The van der Waals surface area contributed by atoms with E-state index in [0.29, 0.717) is 17.9 Å². The Morgan fingerprint density at radius 3 is 2.46 bits per heavy atom. The first-order chi connectivity index (χ1) is 13.6. The van der Waals surface area contributed by atoms with Gasteiger partial charge in [0.1, 0.15) is 5.75 Å². The van der Waals surface area contributed by atoms with Crippen LogP contribution >= 0.6 is 12.2 Å². The van der Waals surface area contributed by atoms with Gasteiger partial charge in [-0.2, -0.15) is 0 Å². The lowest BCUT2D eigenvalue weighted by molar-refractivity contribution is 0.0977. The molecule has 142 valence electrons. The van der Waals surface area contributed by atoms with Crippen LogP contribution in [0.2, 0.25) is 0 Å². The molecule has 3 rings (SSSR count). The molecule has 1 aromatic heterocycles. The molecule has 0 aliphatic rings. The Kier molecular flexibility index (Phi) is 6.70. The summed E-state index contributed by atoms with van der Waals surface area (Å²) in [6, 6.07) is 18.9. The van der Waals surface area contributed by atoms with Gasteiger partial charge in [0.05, 0.1) is 6.61 Å². The second-order valence-electron chi connectivity index (χ2n) is 6.10. The third-order valence-corrected chi connectivity index (χ3v) is 4.21. The monoisotopic (exact) mass is 391 g/mol. The number of amides is 1. The van der Waals surface area contributed by atoms with E-state index < -0.39 is 0 Å². The van der Waals surface area contributed by atoms with Crippen LogP contribution in [0.1, 0.15) is 28.4 Å². The molecule has 0 fully saturated rings. The minimum atomic E-state index is -0.284. The third-order valence-electron chi connectivity index (χ3n) is 4.00. The molecule has 0 spiro atoms. The first kappa shape index (κ1) is 19.5. The zero-order valence-corrected chi connectivity index (χ0v) is 16.3. The van der Waals surface area contributed by atoms with Gasteiger partial charge in [-0.1, -0.05) is 18.2 Å². The van der Waals surface area contributed by atoms with Crippen LogP contribution in [0, 0.1) is 0 Å². The van der Waals surface area contributed by atoms with Crippen molar-refractivity contribution in [2.24, 2.45) is 0 Å². The Morgan fingerprint density at radius 2 is 1.75 bits per heavy atom. The van der Waals surface area contributed by atoms with Crippen LogP contribution in [0.4, 0.5) is 5.69 Å². The summed E-state index contributed by atoms with van der Waals surface area (Å²) in [6.07, 6.45) is 4.41. The molecule has 2 aromatic carbocycles. The fourth-order valence-corrected chi connectivity index (χ4v) is 2.88. The number of carbonyl (C=O) groups is 1. The van der Waals surface area contributed by atoms with Gasteiger partial charge >= 0.3 is 0 Å². The molecule has 28 heavy (non-hydrogen) atoms. The molecule has 0 aliphatic carbocycles. The average molecular weight is 391 g/mol. The molecule has 1 heterocycles. The zero-order chi connectivity index (χ0) is 19.8. The molecule has 0 saturated carbocycles. The van der Waals surface area contributed by atoms with Crippen LogP contribution < -0.4 is 15.4 Å². The van der Waals surface area contributed by atoms with Gasteiger partial charge < -0.3 is 10.1 Å². The molecule has 0 unspecified atom stereocenters. The number of benzene rings is 2. The van der Waals surface area contributed by atoms with Gasteiger partial charge in [-0.05, 0) is 79.2 Å². The van der Waals surface area contributed by atoms with Gasteiger partial charge in [0.2, 0.25) is 0 Å². The predicted molar refractivity (Wildman–Crippen MR) is 115 cm³/mol. The van der Waals surface area contributed by atoms with E-state index in [1.165, 1.54) is 11.1 Å². The Bertz CT molecular complexity index is 944. The van der Waals surface area contributed by atoms with E-state index in [4.69, 9.17) is 17.0 Å². The zero-order valence-electron chi connectivity index (χ0n) is 15.5. The molecular weight excluding hydrogens is 370 g/mol. The maximum atomic E-state index is 12.4. The number of rotatable bonds is 6. The molecule has 5 nitrogen and oxygen atoms in total. The number of nitrogens with one attached hydrogen (secondary N) is 2. The van der Waals surface area contributed by atoms with Crippen molar-refractivity contribution in [2.75, 3.05) is 11.9 Å². The summed E-state index contributed by atoms with van der Waals surface area (Å²) >= 11 is 5.25. The van der Waals surface area contributed by atoms with Gasteiger partial charge in [0.15, 0.2) is 5.11 Å². The highest BCUT2D eigenvalue weighted by Crippen LogP contribution is 2.15. The largest absolute Gasteiger partial charge is 0.494 e. The van der Waals surface area contributed by atoms with Gasteiger partial charge in [-0.3, -0.25) is 15.1 Å². The first-order valence-corrected chi connectivity index (χ1v) is 9.38. The highest BCUT2D eigenvalue weighted by atomic mass is 32.1. The van der Waals surface area contributed by atoms with Crippen molar-refractivity contribution in [3.05, 3.63) is 89.7 Å². The number of aromatic nitrogens is 1. The topological polar surface area (TPSA) is 63.2 Å². The normalized spacial score (nSPS) is 10.2. The molecule has 0 radical (unpaired) electrons. The molecule has 3 aromatic rings. The predicted octanol–water partition coefficient (Wildman–Crippen LogP) is 4.20. The summed E-state index contributed by atoms with van der Waals surface area (Å²) in [5.41, 5.74) is 3.68. The number of hydrogen-bond donors (Lipinski definition) is 2. The van der Waals surface area contributed by atoms with Crippen molar-refractivity contribution in [1.82, 2.24) is 10.3 Å². The summed E-state index contributed by atoms with van der Waals surface area (Å²) in [5.74, 6) is 0.368. The van der Waals surface area contributed by atoms with Crippen molar-refractivity contribution in [3.8, 4) is 5.75 Å². The van der Waals surface area contributed by atoms with Gasteiger partial charge in [0, 0.05) is 23.6 Å². The minimum absolute atomic E-state index is 0.244. The highest BCUT2D eigenvalue weighted by Gasteiger charge is 2.09. The highest BCUT2D eigenvalue weighted by molar-refractivity contribution is 7.80. The van der Waals surface area contributed by atoms with Crippen molar-refractivity contribution >= 4 is 28.9 Å².